The molecule has 2 amide bonds. The van der Waals surface area contributed by atoms with Crippen LogP contribution in [0.15, 0.2) is 42.5 Å². The number of rotatable bonds is 6. The summed E-state index contributed by atoms with van der Waals surface area (Å²) >= 11 is 0. The van der Waals surface area contributed by atoms with E-state index in [1.165, 1.54) is 0 Å². The Kier molecular flexibility index (Phi) is 5.06. The predicted molar refractivity (Wildman–Crippen MR) is 103 cm³/mol. The molecule has 0 radical (unpaired) electrons. The Bertz CT molecular complexity index is 898. The van der Waals surface area contributed by atoms with Crippen LogP contribution in [0.5, 0.6) is 17.2 Å². The van der Waals surface area contributed by atoms with E-state index >= 15 is 0 Å². The van der Waals surface area contributed by atoms with Crippen LogP contribution >= 0.6 is 0 Å². The maximum atomic E-state index is 12.4. The number of carbonyl (C=O) groups is 2. The quantitative estimate of drug-likeness (QED) is 0.829. The highest BCUT2D eigenvalue weighted by molar-refractivity contribution is 5.96. The van der Waals surface area contributed by atoms with E-state index in [0.717, 1.165) is 11.3 Å². The summed E-state index contributed by atoms with van der Waals surface area (Å²) in [4.78, 5) is 26.2. The van der Waals surface area contributed by atoms with Crippen molar-refractivity contribution < 1.29 is 23.8 Å². The van der Waals surface area contributed by atoms with E-state index in [4.69, 9.17) is 14.2 Å². The molecule has 2 heterocycles. The number of anilines is 1. The summed E-state index contributed by atoms with van der Waals surface area (Å²) in [5, 5.41) is 2.86. The third kappa shape index (κ3) is 3.88. The minimum Gasteiger partial charge on any atom is -0.484 e. The normalized spacial score (nSPS) is 17.7. The Morgan fingerprint density at radius 2 is 2.04 bits per heavy atom. The Morgan fingerprint density at radius 1 is 1.21 bits per heavy atom. The summed E-state index contributed by atoms with van der Waals surface area (Å²) in [6.45, 7) is 3.08. The lowest BCUT2D eigenvalue weighted by Gasteiger charge is -2.17. The van der Waals surface area contributed by atoms with E-state index in [0.29, 0.717) is 36.8 Å². The molecule has 7 nitrogen and oxygen atoms in total. The van der Waals surface area contributed by atoms with Crippen LogP contribution in [0.2, 0.25) is 0 Å². The van der Waals surface area contributed by atoms with Crippen LogP contribution in [-0.2, 0) is 9.59 Å². The maximum absolute atomic E-state index is 12.4. The lowest BCUT2D eigenvalue weighted by Crippen LogP contribution is -2.34. The second kappa shape index (κ2) is 7.80. The number of carbonyl (C=O) groups excluding carboxylic acids is 2. The summed E-state index contributed by atoms with van der Waals surface area (Å²) in [6.07, 6.45) is 0.396. The first-order valence-corrected chi connectivity index (χ1v) is 9.25. The average Bonchev–Trinajstić information content (AvgIpc) is 3.31. The molecule has 2 aromatic carbocycles. The van der Waals surface area contributed by atoms with Gasteiger partial charge in [0.05, 0.1) is 0 Å². The molecule has 2 aliphatic heterocycles. The zero-order valence-electron chi connectivity index (χ0n) is 15.6. The van der Waals surface area contributed by atoms with E-state index in [9.17, 15) is 9.59 Å². The molecule has 0 aromatic heterocycles. The largest absolute Gasteiger partial charge is 0.484 e. The van der Waals surface area contributed by atoms with Crippen molar-refractivity contribution in [2.75, 3.05) is 31.4 Å². The van der Waals surface area contributed by atoms with Crippen LogP contribution in [0.3, 0.4) is 0 Å². The highest BCUT2D eigenvalue weighted by Crippen LogP contribution is 2.37. The lowest BCUT2D eigenvalue weighted by molar-refractivity contribution is -0.123. The van der Waals surface area contributed by atoms with Gasteiger partial charge >= 0.3 is 0 Å². The summed E-state index contributed by atoms with van der Waals surface area (Å²) in [5.74, 6) is 1.93. The van der Waals surface area contributed by atoms with Gasteiger partial charge in [-0.05, 0) is 30.7 Å². The van der Waals surface area contributed by atoms with Crippen molar-refractivity contribution in [3.05, 3.63) is 48.0 Å². The van der Waals surface area contributed by atoms with E-state index < -0.39 is 0 Å². The van der Waals surface area contributed by atoms with E-state index in [1.807, 2.05) is 49.4 Å². The summed E-state index contributed by atoms with van der Waals surface area (Å²) in [7, 11) is 0. The summed E-state index contributed by atoms with van der Waals surface area (Å²) in [6, 6.07) is 13.0. The first-order chi connectivity index (χ1) is 13.6. The van der Waals surface area contributed by atoms with Gasteiger partial charge in [-0.3, -0.25) is 9.59 Å². The number of hydrogen-bond donors (Lipinski definition) is 1. The SMILES string of the molecule is Cc1ccccc1OCC(=O)NC[C@@H]1CC(=O)N(c2ccc3c(c2)OCO3)C1. The van der Waals surface area contributed by atoms with Gasteiger partial charge in [-0.1, -0.05) is 18.2 Å². The molecule has 0 saturated carbocycles. The fourth-order valence-corrected chi connectivity index (χ4v) is 3.39. The van der Waals surface area contributed by atoms with Crippen molar-refractivity contribution in [1.82, 2.24) is 5.32 Å². The molecule has 1 atom stereocenters. The number of nitrogens with one attached hydrogen (secondary N) is 1. The van der Waals surface area contributed by atoms with Crippen LogP contribution in [0.4, 0.5) is 5.69 Å². The molecule has 146 valence electrons. The molecule has 1 fully saturated rings. The topological polar surface area (TPSA) is 77.1 Å². The Hall–Kier alpha value is -3.22. The Balaban J connectivity index is 1.27. The van der Waals surface area contributed by atoms with Crippen LogP contribution < -0.4 is 24.4 Å². The Labute approximate surface area is 163 Å². The molecule has 1 saturated heterocycles. The Morgan fingerprint density at radius 3 is 2.89 bits per heavy atom. The van der Waals surface area contributed by atoms with Crippen LogP contribution in [0.25, 0.3) is 0 Å². The smallest absolute Gasteiger partial charge is 0.257 e. The molecule has 7 heteroatoms. The summed E-state index contributed by atoms with van der Waals surface area (Å²) < 4.78 is 16.2. The molecule has 0 unspecified atom stereocenters. The molecule has 28 heavy (non-hydrogen) atoms. The average molecular weight is 382 g/mol. The minimum absolute atomic E-state index is 0.0364. The number of fused-ring (bicyclic) bond motifs is 1. The van der Waals surface area contributed by atoms with Gasteiger partial charge in [0.2, 0.25) is 12.7 Å². The first kappa shape index (κ1) is 18.2. The maximum Gasteiger partial charge on any atom is 0.257 e. The van der Waals surface area contributed by atoms with Crippen molar-refractivity contribution in [2.24, 2.45) is 5.92 Å². The van der Waals surface area contributed by atoms with Crippen molar-refractivity contribution in [1.29, 1.82) is 0 Å². The molecular formula is C21H22N2O5. The first-order valence-electron chi connectivity index (χ1n) is 9.25. The molecule has 1 N–H and O–H groups in total. The molecule has 0 bridgehead atoms. The van der Waals surface area contributed by atoms with Crippen LogP contribution in [-0.4, -0.2) is 38.3 Å². The summed E-state index contributed by atoms with van der Waals surface area (Å²) in [5.41, 5.74) is 1.77. The molecule has 2 aromatic rings. The highest BCUT2D eigenvalue weighted by atomic mass is 16.7. The van der Waals surface area contributed by atoms with Gasteiger partial charge in [-0.15, -0.1) is 0 Å². The van der Waals surface area contributed by atoms with E-state index in [-0.39, 0.29) is 31.1 Å². The van der Waals surface area contributed by atoms with Crippen molar-refractivity contribution in [2.45, 2.75) is 13.3 Å². The minimum atomic E-state index is -0.197. The number of aryl methyl sites for hydroxylation is 1. The fourth-order valence-electron chi connectivity index (χ4n) is 3.39. The van der Waals surface area contributed by atoms with Gasteiger partial charge in [-0.2, -0.15) is 0 Å². The number of benzene rings is 2. The second-order valence-corrected chi connectivity index (χ2v) is 6.97. The lowest BCUT2D eigenvalue weighted by atomic mass is 10.1. The molecular weight excluding hydrogens is 360 g/mol. The van der Waals surface area contributed by atoms with E-state index in [2.05, 4.69) is 5.32 Å². The van der Waals surface area contributed by atoms with Gasteiger partial charge in [0, 0.05) is 37.2 Å². The number of para-hydroxylation sites is 1. The zero-order valence-corrected chi connectivity index (χ0v) is 15.6. The van der Waals surface area contributed by atoms with Crippen LogP contribution in [0.1, 0.15) is 12.0 Å². The standard InChI is InChI=1S/C21H22N2O5/c1-14-4-2-3-5-17(14)26-12-20(24)22-10-15-8-21(25)23(11-15)16-6-7-18-19(9-16)28-13-27-18/h2-7,9,15H,8,10-13H2,1H3,(H,22,24)/t15-/m0/s1. The van der Waals surface area contributed by atoms with E-state index in [1.54, 1.807) is 4.90 Å². The predicted octanol–water partition coefficient (Wildman–Crippen LogP) is 2.27. The highest BCUT2D eigenvalue weighted by Gasteiger charge is 2.31. The van der Waals surface area contributed by atoms with Gasteiger partial charge in [0.1, 0.15) is 5.75 Å². The van der Waals surface area contributed by atoms with Gasteiger partial charge < -0.3 is 24.4 Å². The number of amides is 2. The van der Waals surface area contributed by atoms with Crippen molar-refractivity contribution >= 4 is 17.5 Å². The van der Waals surface area contributed by atoms with Crippen molar-refractivity contribution in [3.63, 3.8) is 0 Å². The molecule has 4 rings (SSSR count). The van der Waals surface area contributed by atoms with Gasteiger partial charge in [-0.25, -0.2) is 0 Å². The number of ether oxygens (including phenoxy) is 3. The molecule has 0 spiro atoms. The monoisotopic (exact) mass is 382 g/mol. The zero-order chi connectivity index (χ0) is 19.5. The third-order valence-corrected chi connectivity index (χ3v) is 4.91. The number of nitrogens with zero attached hydrogens (tertiary/aromatic N) is 1. The van der Waals surface area contributed by atoms with Crippen molar-refractivity contribution in [3.8, 4) is 17.2 Å². The van der Waals surface area contributed by atoms with Gasteiger partial charge in [0.25, 0.3) is 5.91 Å². The third-order valence-electron chi connectivity index (χ3n) is 4.91. The number of hydrogen-bond acceptors (Lipinski definition) is 5. The molecule has 0 aliphatic carbocycles. The fraction of sp³-hybridized carbons (Fsp3) is 0.333. The van der Waals surface area contributed by atoms with Crippen LogP contribution in [0, 0.1) is 12.8 Å². The molecule has 2 aliphatic rings. The second-order valence-electron chi connectivity index (χ2n) is 6.97. The van der Waals surface area contributed by atoms with Gasteiger partial charge in [0.15, 0.2) is 18.1 Å².